The highest BCUT2D eigenvalue weighted by molar-refractivity contribution is 6.05. The first-order chi connectivity index (χ1) is 10.2. The Morgan fingerprint density at radius 1 is 1.33 bits per heavy atom. The van der Waals surface area contributed by atoms with Gasteiger partial charge in [0.25, 0.3) is 5.91 Å². The molecular formula is C15H19N5O. The van der Waals surface area contributed by atoms with Gasteiger partial charge in [0, 0.05) is 19.0 Å². The average Bonchev–Trinajstić information content (AvgIpc) is 2.88. The normalized spacial score (nSPS) is 14.5. The second-order valence-electron chi connectivity index (χ2n) is 5.45. The van der Waals surface area contributed by atoms with Gasteiger partial charge in [-0.3, -0.25) is 9.89 Å². The fraction of sp³-hybridized carbons (Fsp3) is 0.400. The number of aromatic nitrogens is 3. The van der Waals surface area contributed by atoms with Crippen LogP contribution in [0.5, 0.6) is 0 Å². The lowest BCUT2D eigenvalue weighted by Crippen LogP contribution is -2.32. The predicted octanol–water partition coefficient (Wildman–Crippen LogP) is 2.39. The van der Waals surface area contributed by atoms with Crippen molar-refractivity contribution in [2.45, 2.75) is 26.2 Å². The molecule has 6 heteroatoms. The Hall–Kier alpha value is -2.37. The number of fused-ring (bicyclic) bond motifs is 1. The highest BCUT2D eigenvalue weighted by atomic mass is 16.2. The summed E-state index contributed by atoms with van der Waals surface area (Å²) in [5.41, 5.74) is 1.86. The van der Waals surface area contributed by atoms with Gasteiger partial charge in [0.1, 0.15) is 5.82 Å². The van der Waals surface area contributed by atoms with Crippen LogP contribution in [-0.4, -0.2) is 34.2 Å². The Labute approximate surface area is 123 Å². The summed E-state index contributed by atoms with van der Waals surface area (Å²) in [7, 11) is 0. The van der Waals surface area contributed by atoms with E-state index in [1.165, 1.54) is 0 Å². The largest absolute Gasteiger partial charge is 0.383 e. The van der Waals surface area contributed by atoms with Crippen molar-refractivity contribution in [2.24, 2.45) is 0 Å². The molecule has 6 nitrogen and oxygen atoms in total. The molecule has 21 heavy (non-hydrogen) atoms. The molecular weight excluding hydrogens is 266 g/mol. The van der Waals surface area contributed by atoms with Crippen LogP contribution in [0.2, 0.25) is 0 Å². The molecule has 0 unspecified atom stereocenters. The number of carbonyl (C=O) groups excluding carboxylic acids is 1. The Morgan fingerprint density at radius 3 is 2.90 bits per heavy atom. The molecule has 2 heterocycles. The van der Waals surface area contributed by atoms with Crippen molar-refractivity contribution >= 4 is 17.3 Å². The van der Waals surface area contributed by atoms with E-state index in [2.05, 4.69) is 20.5 Å². The SMILES string of the molecule is CC(C)c1nc(C(=O)N2CCCNc3ccccc32)n[nH]1. The second-order valence-corrected chi connectivity index (χ2v) is 5.45. The number of benzene rings is 1. The first-order valence-corrected chi connectivity index (χ1v) is 7.24. The summed E-state index contributed by atoms with van der Waals surface area (Å²) in [5.74, 6) is 1.03. The fourth-order valence-corrected chi connectivity index (χ4v) is 2.40. The summed E-state index contributed by atoms with van der Waals surface area (Å²) in [6, 6.07) is 7.83. The van der Waals surface area contributed by atoms with Gasteiger partial charge in [-0.1, -0.05) is 26.0 Å². The number of aromatic amines is 1. The van der Waals surface area contributed by atoms with Crippen LogP contribution in [0.3, 0.4) is 0 Å². The van der Waals surface area contributed by atoms with E-state index in [1.54, 1.807) is 4.90 Å². The molecule has 1 aliphatic heterocycles. The smallest absolute Gasteiger partial charge is 0.297 e. The predicted molar refractivity (Wildman–Crippen MR) is 81.7 cm³/mol. The lowest BCUT2D eigenvalue weighted by Gasteiger charge is -2.20. The third kappa shape index (κ3) is 2.61. The van der Waals surface area contributed by atoms with Gasteiger partial charge in [-0.05, 0) is 18.6 Å². The van der Waals surface area contributed by atoms with E-state index in [1.807, 2.05) is 38.1 Å². The van der Waals surface area contributed by atoms with Crippen molar-refractivity contribution in [3.63, 3.8) is 0 Å². The Kier molecular flexibility index (Phi) is 3.60. The van der Waals surface area contributed by atoms with Gasteiger partial charge < -0.3 is 10.2 Å². The maximum absolute atomic E-state index is 12.7. The van der Waals surface area contributed by atoms with Crippen LogP contribution in [0.1, 0.15) is 42.6 Å². The molecule has 0 saturated heterocycles. The van der Waals surface area contributed by atoms with E-state index >= 15 is 0 Å². The molecule has 1 aromatic heterocycles. The van der Waals surface area contributed by atoms with Gasteiger partial charge >= 0.3 is 0 Å². The van der Waals surface area contributed by atoms with E-state index in [0.29, 0.717) is 6.54 Å². The van der Waals surface area contributed by atoms with Gasteiger partial charge in [-0.25, -0.2) is 4.98 Å². The van der Waals surface area contributed by atoms with Crippen LogP contribution in [0.25, 0.3) is 0 Å². The third-order valence-corrected chi connectivity index (χ3v) is 3.55. The number of rotatable bonds is 2. The number of amides is 1. The van der Waals surface area contributed by atoms with Crippen LogP contribution in [0, 0.1) is 0 Å². The van der Waals surface area contributed by atoms with E-state index < -0.39 is 0 Å². The van der Waals surface area contributed by atoms with Crippen molar-refractivity contribution in [1.82, 2.24) is 15.2 Å². The van der Waals surface area contributed by atoms with Gasteiger partial charge in [0.2, 0.25) is 5.82 Å². The minimum absolute atomic E-state index is 0.158. The lowest BCUT2D eigenvalue weighted by atomic mass is 10.2. The molecule has 0 fully saturated rings. The van der Waals surface area contributed by atoms with Crippen molar-refractivity contribution in [1.29, 1.82) is 0 Å². The van der Waals surface area contributed by atoms with Gasteiger partial charge in [-0.2, -0.15) is 0 Å². The van der Waals surface area contributed by atoms with Crippen molar-refractivity contribution in [3.8, 4) is 0 Å². The van der Waals surface area contributed by atoms with Crippen LogP contribution in [0.4, 0.5) is 11.4 Å². The first kappa shape index (κ1) is 13.6. The molecule has 0 atom stereocenters. The average molecular weight is 285 g/mol. The van der Waals surface area contributed by atoms with Crippen molar-refractivity contribution in [2.75, 3.05) is 23.3 Å². The van der Waals surface area contributed by atoms with Gasteiger partial charge in [-0.15, -0.1) is 5.10 Å². The zero-order valence-corrected chi connectivity index (χ0v) is 12.3. The van der Waals surface area contributed by atoms with Crippen molar-refractivity contribution in [3.05, 3.63) is 35.9 Å². The van der Waals surface area contributed by atoms with Crippen LogP contribution in [-0.2, 0) is 0 Å². The molecule has 1 amide bonds. The van der Waals surface area contributed by atoms with Crippen LogP contribution in [0.15, 0.2) is 24.3 Å². The number of hydrogen-bond donors (Lipinski definition) is 2. The molecule has 0 aliphatic carbocycles. The molecule has 1 aliphatic rings. The summed E-state index contributed by atoms with van der Waals surface area (Å²) < 4.78 is 0. The highest BCUT2D eigenvalue weighted by Gasteiger charge is 2.25. The molecule has 110 valence electrons. The Balaban J connectivity index is 1.93. The van der Waals surface area contributed by atoms with Gasteiger partial charge in [0.05, 0.1) is 11.4 Å². The number of para-hydroxylation sites is 2. The molecule has 3 rings (SSSR count). The summed E-state index contributed by atoms with van der Waals surface area (Å²) in [5, 5.41) is 10.3. The summed E-state index contributed by atoms with van der Waals surface area (Å²) in [6.07, 6.45) is 0.891. The van der Waals surface area contributed by atoms with Crippen molar-refractivity contribution < 1.29 is 4.79 Å². The van der Waals surface area contributed by atoms with E-state index in [9.17, 15) is 4.79 Å². The van der Waals surface area contributed by atoms with E-state index in [0.717, 1.165) is 30.2 Å². The topological polar surface area (TPSA) is 73.9 Å². The van der Waals surface area contributed by atoms with Crippen LogP contribution < -0.4 is 10.2 Å². The van der Waals surface area contributed by atoms with Gasteiger partial charge in [0.15, 0.2) is 0 Å². The lowest BCUT2D eigenvalue weighted by molar-refractivity contribution is 0.0977. The zero-order chi connectivity index (χ0) is 14.8. The summed E-state index contributed by atoms with van der Waals surface area (Å²) in [6.45, 7) is 5.54. The molecule has 2 aromatic rings. The number of carbonyl (C=O) groups is 1. The molecule has 0 radical (unpaired) electrons. The number of H-pyrrole nitrogens is 1. The Morgan fingerprint density at radius 2 is 2.14 bits per heavy atom. The summed E-state index contributed by atoms with van der Waals surface area (Å²) >= 11 is 0. The second kappa shape index (κ2) is 5.55. The minimum atomic E-state index is -0.158. The highest BCUT2D eigenvalue weighted by Crippen LogP contribution is 2.28. The molecule has 1 aromatic carbocycles. The quantitative estimate of drug-likeness (QED) is 0.888. The minimum Gasteiger partial charge on any atom is -0.383 e. The maximum Gasteiger partial charge on any atom is 0.297 e. The standard InChI is InChI=1S/C15H19N5O/c1-10(2)13-17-14(19-18-13)15(21)20-9-5-8-16-11-6-3-4-7-12(11)20/h3-4,6-7,10,16H,5,8-9H2,1-2H3,(H,17,18,19). The number of anilines is 2. The Bertz CT molecular complexity index is 649. The van der Waals surface area contributed by atoms with Crippen LogP contribution >= 0.6 is 0 Å². The molecule has 0 saturated carbocycles. The molecule has 0 spiro atoms. The third-order valence-electron chi connectivity index (χ3n) is 3.55. The number of nitrogens with zero attached hydrogens (tertiary/aromatic N) is 3. The van der Waals surface area contributed by atoms with E-state index in [-0.39, 0.29) is 17.6 Å². The maximum atomic E-state index is 12.7. The number of nitrogens with one attached hydrogen (secondary N) is 2. The molecule has 0 bridgehead atoms. The number of hydrogen-bond acceptors (Lipinski definition) is 4. The zero-order valence-electron chi connectivity index (χ0n) is 12.3. The summed E-state index contributed by atoms with van der Waals surface area (Å²) in [4.78, 5) is 18.8. The monoisotopic (exact) mass is 285 g/mol. The molecule has 2 N–H and O–H groups in total. The first-order valence-electron chi connectivity index (χ1n) is 7.24. The fourth-order valence-electron chi connectivity index (χ4n) is 2.40. The van der Waals surface area contributed by atoms with E-state index in [4.69, 9.17) is 0 Å².